The molecule has 0 aliphatic carbocycles. The zero-order valence-corrected chi connectivity index (χ0v) is 9.38. The van der Waals surface area contributed by atoms with Crippen molar-refractivity contribution in [1.29, 1.82) is 0 Å². The van der Waals surface area contributed by atoms with E-state index in [0.717, 1.165) is 0 Å². The van der Waals surface area contributed by atoms with Gasteiger partial charge in [0.2, 0.25) is 5.91 Å². The summed E-state index contributed by atoms with van der Waals surface area (Å²) in [6, 6.07) is 7.20. The number of H-pyrrole nitrogens is 1. The Morgan fingerprint density at radius 1 is 1.33 bits per heavy atom. The van der Waals surface area contributed by atoms with Crippen LogP contribution in [0.25, 0.3) is 0 Å². The van der Waals surface area contributed by atoms with E-state index in [9.17, 15) is 9.59 Å². The highest BCUT2D eigenvalue weighted by Crippen LogP contribution is 2.29. The van der Waals surface area contributed by atoms with E-state index in [2.05, 4.69) is 15.5 Å². The number of rotatable bonds is 1. The SMILES string of the molecule is O=C1CN(C(=O)c2cn[nH]c2)c2ccccc2N1. The summed E-state index contributed by atoms with van der Waals surface area (Å²) in [5.41, 5.74) is 1.77. The number of nitrogens with one attached hydrogen (secondary N) is 2. The lowest BCUT2D eigenvalue weighted by molar-refractivity contribution is -0.115. The average molecular weight is 242 g/mol. The third-order valence-corrected chi connectivity index (χ3v) is 2.76. The number of carbonyl (C=O) groups is 2. The van der Waals surface area contributed by atoms with E-state index in [0.29, 0.717) is 16.9 Å². The molecule has 2 heterocycles. The summed E-state index contributed by atoms with van der Waals surface area (Å²) < 4.78 is 0. The van der Waals surface area contributed by atoms with Gasteiger partial charge in [-0.2, -0.15) is 5.10 Å². The van der Waals surface area contributed by atoms with E-state index in [1.807, 2.05) is 12.1 Å². The number of carbonyl (C=O) groups excluding carboxylic acids is 2. The van der Waals surface area contributed by atoms with Crippen LogP contribution in [0.5, 0.6) is 0 Å². The maximum Gasteiger partial charge on any atom is 0.262 e. The van der Waals surface area contributed by atoms with E-state index >= 15 is 0 Å². The summed E-state index contributed by atoms with van der Waals surface area (Å²) in [4.78, 5) is 25.3. The number of fused-ring (bicyclic) bond motifs is 1. The van der Waals surface area contributed by atoms with Gasteiger partial charge in [-0.25, -0.2) is 0 Å². The Bertz CT molecular complexity index is 606. The van der Waals surface area contributed by atoms with Crippen LogP contribution in [0.3, 0.4) is 0 Å². The lowest BCUT2D eigenvalue weighted by atomic mass is 10.1. The smallest absolute Gasteiger partial charge is 0.262 e. The zero-order chi connectivity index (χ0) is 12.5. The standard InChI is InChI=1S/C12H10N4O2/c17-11-7-16(12(18)8-5-13-14-6-8)10-4-2-1-3-9(10)15-11/h1-6H,7H2,(H,13,14)(H,15,17). The molecule has 0 bridgehead atoms. The molecule has 0 radical (unpaired) electrons. The Morgan fingerprint density at radius 2 is 2.17 bits per heavy atom. The van der Waals surface area contributed by atoms with Gasteiger partial charge < -0.3 is 5.32 Å². The van der Waals surface area contributed by atoms with E-state index in [4.69, 9.17) is 0 Å². The van der Waals surface area contributed by atoms with Gasteiger partial charge in [-0.15, -0.1) is 0 Å². The number of aromatic nitrogens is 2. The predicted molar refractivity (Wildman–Crippen MR) is 65.3 cm³/mol. The van der Waals surface area contributed by atoms with Crippen LogP contribution >= 0.6 is 0 Å². The molecule has 2 aromatic rings. The fraction of sp³-hybridized carbons (Fsp3) is 0.0833. The quantitative estimate of drug-likeness (QED) is 0.783. The van der Waals surface area contributed by atoms with Gasteiger partial charge in [-0.1, -0.05) is 12.1 Å². The molecule has 1 aromatic heterocycles. The van der Waals surface area contributed by atoms with Gasteiger partial charge in [0, 0.05) is 6.20 Å². The minimum absolute atomic E-state index is 0.0149. The van der Waals surface area contributed by atoms with Crippen LogP contribution < -0.4 is 10.2 Å². The molecule has 1 aliphatic heterocycles. The fourth-order valence-corrected chi connectivity index (χ4v) is 1.94. The van der Waals surface area contributed by atoms with E-state index < -0.39 is 0 Å². The second-order valence-electron chi connectivity index (χ2n) is 3.94. The van der Waals surface area contributed by atoms with Crippen LogP contribution in [0.15, 0.2) is 36.7 Å². The minimum atomic E-state index is -0.244. The Balaban J connectivity index is 2.03. The van der Waals surface area contributed by atoms with Crippen molar-refractivity contribution in [3.63, 3.8) is 0 Å². The number of aromatic amines is 1. The number of hydrogen-bond acceptors (Lipinski definition) is 3. The first-order chi connectivity index (χ1) is 8.75. The maximum absolute atomic E-state index is 12.3. The molecule has 2 N–H and O–H groups in total. The average Bonchev–Trinajstić information content (AvgIpc) is 2.90. The molecule has 6 nitrogen and oxygen atoms in total. The second-order valence-corrected chi connectivity index (χ2v) is 3.94. The predicted octanol–water partition coefficient (Wildman–Crippen LogP) is 1.01. The van der Waals surface area contributed by atoms with E-state index in [1.165, 1.54) is 17.3 Å². The van der Waals surface area contributed by atoms with Crippen LogP contribution in [-0.2, 0) is 4.79 Å². The maximum atomic E-state index is 12.3. The summed E-state index contributed by atoms with van der Waals surface area (Å²) in [6.45, 7) is 0.0149. The van der Waals surface area contributed by atoms with Crippen LogP contribution in [0, 0.1) is 0 Å². The summed E-state index contributed by atoms with van der Waals surface area (Å²) >= 11 is 0. The minimum Gasteiger partial charge on any atom is -0.323 e. The summed E-state index contributed by atoms with van der Waals surface area (Å²) in [5, 5.41) is 9.06. The van der Waals surface area contributed by atoms with Crippen LogP contribution in [0.2, 0.25) is 0 Å². The molecule has 90 valence electrons. The molecule has 18 heavy (non-hydrogen) atoms. The van der Waals surface area contributed by atoms with Crippen LogP contribution in [0.4, 0.5) is 11.4 Å². The third kappa shape index (κ3) is 1.64. The third-order valence-electron chi connectivity index (χ3n) is 2.76. The molecule has 2 amide bonds. The van der Waals surface area contributed by atoms with Gasteiger partial charge in [0.25, 0.3) is 5.91 Å². The molecule has 0 saturated carbocycles. The molecular formula is C12H10N4O2. The Labute approximate surface area is 103 Å². The first-order valence-electron chi connectivity index (χ1n) is 5.45. The van der Waals surface area contributed by atoms with Gasteiger partial charge in [-0.3, -0.25) is 19.6 Å². The van der Waals surface area contributed by atoms with E-state index in [1.54, 1.807) is 12.1 Å². The first-order valence-corrected chi connectivity index (χ1v) is 5.45. The highest BCUT2D eigenvalue weighted by molar-refractivity contribution is 6.14. The number of amides is 2. The number of benzene rings is 1. The summed E-state index contributed by atoms with van der Waals surface area (Å²) in [5.74, 6) is -0.448. The van der Waals surface area contributed by atoms with Crippen molar-refractivity contribution >= 4 is 23.2 Å². The van der Waals surface area contributed by atoms with Crippen molar-refractivity contribution in [1.82, 2.24) is 10.2 Å². The summed E-state index contributed by atoms with van der Waals surface area (Å²) in [6.07, 6.45) is 2.95. The normalized spacial score (nSPS) is 14.0. The van der Waals surface area contributed by atoms with Crippen molar-refractivity contribution in [2.45, 2.75) is 0 Å². The van der Waals surface area contributed by atoms with Gasteiger partial charge in [0.1, 0.15) is 6.54 Å². The number of hydrogen-bond donors (Lipinski definition) is 2. The van der Waals surface area contributed by atoms with Gasteiger partial charge in [0.05, 0.1) is 23.1 Å². The largest absolute Gasteiger partial charge is 0.323 e. The monoisotopic (exact) mass is 242 g/mol. The Morgan fingerprint density at radius 3 is 2.94 bits per heavy atom. The molecule has 3 rings (SSSR count). The lowest BCUT2D eigenvalue weighted by Crippen LogP contribution is -2.42. The van der Waals surface area contributed by atoms with Crippen LogP contribution in [-0.4, -0.2) is 28.6 Å². The van der Waals surface area contributed by atoms with Crippen molar-refractivity contribution < 1.29 is 9.59 Å². The topological polar surface area (TPSA) is 78.1 Å². The fourth-order valence-electron chi connectivity index (χ4n) is 1.94. The van der Waals surface area contributed by atoms with Crippen molar-refractivity contribution in [3.8, 4) is 0 Å². The molecule has 6 heteroatoms. The number of anilines is 2. The lowest BCUT2D eigenvalue weighted by Gasteiger charge is -2.28. The first kappa shape index (κ1) is 10.5. The highest BCUT2D eigenvalue weighted by atomic mass is 16.2. The summed E-state index contributed by atoms with van der Waals surface area (Å²) in [7, 11) is 0. The second kappa shape index (κ2) is 3.99. The van der Waals surface area contributed by atoms with Gasteiger partial charge >= 0.3 is 0 Å². The highest BCUT2D eigenvalue weighted by Gasteiger charge is 2.27. The van der Waals surface area contributed by atoms with Gasteiger partial charge in [0.15, 0.2) is 0 Å². The molecule has 0 fully saturated rings. The zero-order valence-electron chi connectivity index (χ0n) is 9.38. The molecule has 0 spiro atoms. The molecular weight excluding hydrogens is 232 g/mol. The van der Waals surface area contributed by atoms with Crippen molar-refractivity contribution in [2.24, 2.45) is 0 Å². The molecule has 1 aliphatic rings. The van der Waals surface area contributed by atoms with Crippen molar-refractivity contribution in [3.05, 3.63) is 42.2 Å². The van der Waals surface area contributed by atoms with Crippen LogP contribution in [0.1, 0.15) is 10.4 Å². The number of para-hydroxylation sites is 2. The molecule has 0 atom stereocenters. The Kier molecular flexibility index (Phi) is 2.33. The molecule has 1 aromatic carbocycles. The van der Waals surface area contributed by atoms with Gasteiger partial charge in [-0.05, 0) is 12.1 Å². The molecule has 0 unspecified atom stereocenters. The van der Waals surface area contributed by atoms with E-state index in [-0.39, 0.29) is 18.4 Å². The molecule has 0 saturated heterocycles. The Hall–Kier alpha value is -2.63. The number of nitrogens with zero attached hydrogens (tertiary/aromatic N) is 2. The van der Waals surface area contributed by atoms with Crippen molar-refractivity contribution in [2.75, 3.05) is 16.8 Å².